The van der Waals surface area contributed by atoms with E-state index in [0.29, 0.717) is 6.61 Å². The lowest BCUT2D eigenvalue weighted by Gasteiger charge is -2.39. The second-order valence-electron chi connectivity index (χ2n) is 10.0. The third kappa shape index (κ3) is 5.80. The van der Waals surface area contributed by atoms with Crippen molar-refractivity contribution < 1.29 is 14.3 Å². The smallest absolute Gasteiger partial charge is 0.247 e. The molecular weight excluding hydrogens is 456 g/mol. The van der Waals surface area contributed by atoms with Crippen LogP contribution in [0.2, 0.25) is 0 Å². The second-order valence-corrected chi connectivity index (χ2v) is 11.5. The van der Waals surface area contributed by atoms with E-state index in [9.17, 15) is 4.79 Å². The van der Waals surface area contributed by atoms with Crippen molar-refractivity contribution in [3.05, 3.63) is 48.0 Å². The molecule has 5 nitrogen and oxygen atoms in total. The molecule has 1 amide bonds. The predicted octanol–water partition coefficient (Wildman–Crippen LogP) is 6.49. The Balaban J connectivity index is 1.39. The van der Waals surface area contributed by atoms with Gasteiger partial charge in [0.15, 0.2) is 0 Å². The third-order valence-corrected chi connectivity index (χ3v) is 8.93. The van der Waals surface area contributed by atoms with E-state index < -0.39 is 4.75 Å². The molecule has 1 unspecified atom stereocenters. The first-order valence-electron chi connectivity index (χ1n) is 13.0. The summed E-state index contributed by atoms with van der Waals surface area (Å²) in [6.07, 6.45) is 10.2. The molecule has 0 N–H and O–H groups in total. The van der Waals surface area contributed by atoms with E-state index in [2.05, 4.69) is 18.0 Å². The number of hydrogen-bond acceptors (Lipinski definition) is 5. The Bertz CT molecular complexity index is 1010. The number of hydrogen-bond donors (Lipinski definition) is 0. The predicted molar refractivity (Wildman–Crippen MR) is 145 cm³/mol. The Morgan fingerprint density at radius 3 is 2.63 bits per heavy atom. The van der Waals surface area contributed by atoms with Crippen LogP contribution in [0.3, 0.4) is 0 Å². The van der Waals surface area contributed by atoms with Gasteiger partial charge in [0.05, 0.1) is 19.4 Å². The molecule has 0 bridgehead atoms. The van der Waals surface area contributed by atoms with Crippen LogP contribution >= 0.6 is 11.8 Å². The van der Waals surface area contributed by atoms with Gasteiger partial charge in [0.1, 0.15) is 16.2 Å². The monoisotopic (exact) mass is 496 g/mol. The second kappa shape index (κ2) is 11.7. The van der Waals surface area contributed by atoms with E-state index in [0.717, 1.165) is 53.1 Å². The molecule has 0 spiro atoms. The molecule has 1 aliphatic heterocycles. The number of amides is 1. The fourth-order valence-electron chi connectivity index (χ4n) is 5.35. The summed E-state index contributed by atoms with van der Waals surface area (Å²) in [5.74, 6) is 1.54. The molecule has 1 aliphatic carbocycles. The molecule has 0 radical (unpaired) electrons. The lowest BCUT2D eigenvalue weighted by molar-refractivity contribution is -0.120. The molecule has 2 aromatic carbocycles. The summed E-state index contributed by atoms with van der Waals surface area (Å²) < 4.78 is 11.0. The topological polar surface area (TPSA) is 42.0 Å². The quantitative estimate of drug-likeness (QED) is 0.352. The largest absolute Gasteiger partial charge is 0.497 e. The van der Waals surface area contributed by atoms with Gasteiger partial charge in [-0.25, -0.2) is 0 Å². The number of carbonyl (C=O) groups is 1. The van der Waals surface area contributed by atoms with Gasteiger partial charge in [-0.15, -0.1) is 11.8 Å². The summed E-state index contributed by atoms with van der Waals surface area (Å²) in [7, 11) is 5.79. The molecule has 0 aromatic heterocycles. The van der Waals surface area contributed by atoms with Gasteiger partial charge in [0, 0.05) is 23.5 Å². The molecule has 2 aromatic rings. The van der Waals surface area contributed by atoms with Gasteiger partial charge in [-0.1, -0.05) is 31.4 Å². The van der Waals surface area contributed by atoms with Crippen LogP contribution < -0.4 is 14.4 Å². The van der Waals surface area contributed by atoms with Gasteiger partial charge < -0.3 is 19.3 Å². The summed E-state index contributed by atoms with van der Waals surface area (Å²) in [4.78, 5) is 19.0. The number of rotatable bonds is 10. The SMILES string of the molecule is COc1ccc(OCCCCCN(C)C2CCCCC2)c(C2(C)Sc3ccccc3N(C)C2=O)c1. The molecule has 6 heteroatoms. The lowest BCUT2D eigenvalue weighted by atomic mass is 9.94. The highest BCUT2D eigenvalue weighted by molar-refractivity contribution is 8.01. The van der Waals surface area contributed by atoms with E-state index in [1.165, 1.54) is 38.5 Å². The number of thioether (sulfide) groups is 1. The minimum absolute atomic E-state index is 0.0463. The molecule has 190 valence electrons. The molecule has 0 saturated heterocycles. The van der Waals surface area contributed by atoms with Crippen LogP contribution in [0, 0.1) is 0 Å². The van der Waals surface area contributed by atoms with E-state index in [1.807, 2.05) is 50.4 Å². The number of likely N-dealkylation sites (N-methyl/N-ethyl adjacent to an activating group) is 1. The van der Waals surface area contributed by atoms with Gasteiger partial charge in [-0.05, 0) is 83.0 Å². The average Bonchev–Trinajstić information content (AvgIpc) is 2.89. The van der Waals surface area contributed by atoms with Crippen molar-refractivity contribution in [2.45, 2.75) is 74.0 Å². The molecule has 2 aliphatic rings. The minimum Gasteiger partial charge on any atom is -0.497 e. The van der Waals surface area contributed by atoms with Gasteiger partial charge >= 0.3 is 0 Å². The Labute approximate surface area is 215 Å². The zero-order valence-corrected chi connectivity index (χ0v) is 22.5. The molecule has 1 saturated carbocycles. The van der Waals surface area contributed by atoms with Crippen LogP contribution in [0.15, 0.2) is 47.4 Å². The van der Waals surface area contributed by atoms with Crippen LogP contribution in [-0.2, 0) is 9.54 Å². The first-order valence-corrected chi connectivity index (χ1v) is 13.8. The van der Waals surface area contributed by atoms with Crippen LogP contribution in [0.1, 0.15) is 63.9 Å². The van der Waals surface area contributed by atoms with Crippen LogP contribution in [0.4, 0.5) is 5.69 Å². The van der Waals surface area contributed by atoms with E-state index >= 15 is 0 Å². The van der Waals surface area contributed by atoms with Crippen molar-refractivity contribution in [3.63, 3.8) is 0 Å². The van der Waals surface area contributed by atoms with Gasteiger partial charge in [-0.3, -0.25) is 4.79 Å². The minimum atomic E-state index is -0.796. The molecule has 1 atom stereocenters. The van der Waals surface area contributed by atoms with Crippen LogP contribution in [0.5, 0.6) is 11.5 Å². The standard InChI is InChI=1S/C29H40N2O3S/c1-29(28(32)31(3)25-15-9-10-16-27(25)35-29)24-21-23(33-4)17-18-26(24)34-20-12-6-11-19-30(2)22-13-7-5-8-14-22/h9-10,15-18,21-22H,5-8,11-14,19-20H2,1-4H3. The highest BCUT2D eigenvalue weighted by Crippen LogP contribution is 2.52. The van der Waals surface area contributed by atoms with Gasteiger partial charge in [0.25, 0.3) is 0 Å². The number of ether oxygens (including phenoxy) is 2. The Kier molecular flexibility index (Phi) is 8.66. The summed E-state index contributed by atoms with van der Waals surface area (Å²) in [5.41, 5.74) is 1.81. The third-order valence-electron chi connectivity index (χ3n) is 7.56. The number of methoxy groups -OCH3 is 1. The number of anilines is 1. The summed E-state index contributed by atoms with van der Waals surface area (Å²) in [5, 5.41) is 0. The Morgan fingerprint density at radius 2 is 1.86 bits per heavy atom. The van der Waals surface area contributed by atoms with Crippen LogP contribution in [-0.4, -0.2) is 51.2 Å². The average molecular weight is 497 g/mol. The number of unbranched alkanes of at least 4 members (excludes halogenated alkanes) is 2. The van der Waals surface area contributed by atoms with E-state index in [4.69, 9.17) is 9.47 Å². The molecule has 35 heavy (non-hydrogen) atoms. The fourth-order valence-corrected chi connectivity index (χ4v) is 6.73. The number of carbonyl (C=O) groups excluding carboxylic acids is 1. The van der Waals surface area contributed by atoms with Crippen molar-refractivity contribution in [2.75, 3.05) is 39.3 Å². The summed E-state index contributed by atoms with van der Waals surface area (Å²) in [6, 6.07) is 14.7. The number of fused-ring (bicyclic) bond motifs is 1. The fraction of sp³-hybridized carbons (Fsp3) is 0.552. The molecule has 4 rings (SSSR count). The van der Waals surface area contributed by atoms with Crippen molar-refractivity contribution in [1.82, 2.24) is 4.90 Å². The molecule has 1 fully saturated rings. The number of benzene rings is 2. The van der Waals surface area contributed by atoms with E-state index in [-0.39, 0.29) is 5.91 Å². The highest BCUT2D eigenvalue weighted by Gasteiger charge is 2.45. The number of nitrogens with zero attached hydrogens (tertiary/aromatic N) is 2. The van der Waals surface area contributed by atoms with Crippen molar-refractivity contribution in [3.8, 4) is 11.5 Å². The maximum Gasteiger partial charge on any atom is 0.247 e. The van der Waals surface area contributed by atoms with Crippen molar-refractivity contribution in [2.24, 2.45) is 0 Å². The first-order chi connectivity index (χ1) is 16.9. The zero-order valence-electron chi connectivity index (χ0n) is 21.7. The highest BCUT2D eigenvalue weighted by atomic mass is 32.2. The summed E-state index contributed by atoms with van der Waals surface area (Å²) in [6.45, 7) is 3.80. The van der Waals surface area contributed by atoms with Crippen LogP contribution in [0.25, 0.3) is 0 Å². The number of para-hydroxylation sites is 1. The normalized spacial score (nSPS) is 20.7. The molecule has 1 heterocycles. The maximum atomic E-state index is 13.6. The summed E-state index contributed by atoms with van der Waals surface area (Å²) >= 11 is 1.59. The van der Waals surface area contributed by atoms with Gasteiger partial charge in [0.2, 0.25) is 5.91 Å². The van der Waals surface area contributed by atoms with E-state index in [1.54, 1.807) is 23.8 Å². The van der Waals surface area contributed by atoms with Crippen molar-refractivity contribution >= 4 is 23.4 Å². The first kappa shape index (κ1) is 25.9. The molecular formula is C29H40N2O3S. The maximum absolute atomic E-state index is 13.6. The zero-order chi connectivity index (χ0) is 24.8. The lowest BCUT2D eigenvalue weighted by Crippen LogP contribution is -2.44. The Morgan fingerprint density at radius 1 is 1.09 bits per heavy atom. The Hall–Kier alpha value is -2.18. The van der Waals surface area contributed by atoms with Crippen molar-refractivity contribution in [1.29, 1.82) is 0 Å². The van der Waals surface area contributed by atoms with Gasteiger partial charge in [-0.2, -0.15) is 0 Å².